The summed E-state index contributed by atoms with van der Waals surface area (Å²) in [5.74, 6) is -1.13. The number of carbonyl (C=O) groups is 1. The first kappa shape index (κ1) is 15.7. The number of carboxylic acids is 1. The summed E-state index contributed by atoms with van der Waals surface area (Å²) in [6, 6.07) is 7.85. The first-order valence-electron chi connectivity index (χ1n) is 6.88. The molecule has 3 nitrogen and oxygen atoms in total. The van der Waals surface area contributed by atoms with Crippen LogP contribution in [0.4, 0.5) is 0 Å². The highest BCUT2D eigenvalue weighted by Gasteiger charge is 2.41. The molecule has 1 aromatic carbocycles. The molecule has 0 aliphatic rings. The van der Waals surface area contributed by atoms with E-state index in [1.54, 1.807) is 6.92 Å². The largest absolute Gasteiger partial charge is 0.479 e. The Morgan fingerprint density at radius 1 is 1.16 bits per heavy atom. The molecule has 0 spiro atoms. The monoisotopic (exact) mass is 264 g/mol. The van der Waals surface area contributed by atoms with E-state index in [0.717, 1.165) is 5.56 Å². The number of hydrogen-bond acceptors (Lipinski definition) is 2. The molecule has 0 saturated heterocycles. The second kappa shape index (κ2) is 6.20. The van der Waals surface area contributed by atoms with E-state index >= 15 is 0 Å². The van der Waals surface area contributed by atoms with Crippen LogP contribution in [0.1, 0.15) is 63.5 Å². The van der Waals surface area contributed by atoms with Crippen molar-refractivity contribution >= 4 is 5.97 Å². The second-order valence-corrected chi connectivity index (χ2v) is 5.52. The summed E-state index contributed by atoms with van der Waals surface area (Å²) < 4.78 is 0. The van der Waals surface area contributed by atoms with Crippen LogP contribution in [-0.4, -0.2) is 21.8 Å². The van der Waals surface area contributed by atoms with Crippen LogP contribution in [0, 0.1) is 0 Å². The molecule has 0 aliphatic heterocycles. The SMILES string of the molecule is CCCC(O)(C(=O)O)C(C)c1ccc(C(C)C)cc1. The van der Waals surface area contributed by atoms with Crippen LogP contribution in [0.3, 0.4) is 0 Å². The fourth-order valence-electron chi connectivity index (χ4n) is 2.34. The smallest absolute Gasteiger partial charge is 0.336 e. The van der Waals surface area contributed by atoms with Gasteiger partial charge in [-0.1, -0.05) is 58.4 Å². The van der Waals surface area contributed by atoms with Gasteiger partial charge in [0.15, 0.2) is 5.60 Å². The summed E-state index contributed by atoms with van der Waals surface area (Å²) in [5.41, 5.74) is 0.390. The zero-order chi connectivity index (χ0) is 14.6. The Labute approximate surface area is 115 Å². The van der Waals surface area contributed by atoms with Crippen molar-refractivity contribution < 1.29 is 15.0 Å². The molecule has 3 heteroatoms. The second-order valence-electron chi connectivity index (χ2n) is 5.52. The summed E-state index contributed by atoms with van der Waals surface area (Å²) in [5, 5.41) is 19.7. The number of carboxylic acid groups (broad SMARTS) is 1. The molecule has 0 bridgehead atoms. The van der Waals surface area contributed by atoms with Crippen molar-refractivity contribution in [3.8, 4) is 0 Å². The maximum Gasteiger partial charge on any atom is 0.336 e. The Kier molecular flexibility index (Phi) is 5.12. The lowest BCUT2D eigenvalue weighted by Gasteiger charge is -2.30. The Bertz CT molecular complexity index is 422. The molecule has 1 rings (SSSR count). The average molecular weight is 264 g/mol. The van der Waals surface area contributed by atoms with Crippen LogP contribution in [0.15, 0.2) is 24.3 Å². The van der Waals surface area contributed by atoms with E-state index in [9.17, 15) is 15.0 Å². The van der Waals surface area contributed by atoms with Gasteiger partial charge < -0.3 is 10.2 Å². The third-order valence-corrected chi connectivity index (χ3v) is 3.82. The van der Waals surface area contributed by atoms with Crippen molar-refractivity contribution in [3.63, 3.8) is 0 Å². The van der Waals surface area contributed by atoms with E-state index in [-0.39, 0.29) is 6.42 Å². The van der Waals surface area contributed by atoms with E-state index in [1.807, 2.05) is 31.2 Å². The predicted octanol–water partition coefficient (Wildman–Crippen LogP) is 3.53. The molecule has 0 aliphatic carbocycles. The molecule has 0 aromatic heterocycles. The van der Waals surface area contributed by atoms with Crippen LogP contribution >= 0.6 is 0 Å². The first-order valence-corrected chi connectivity index (χ1v) is 6.88. The maximum atomic E-state index is 11.4. The van der Waals surface area contributed by atoms with Crippen molar-refractivity contribution in [3.05, 3.63) is 35.4 Å². The molecule has 0 heterocycles. The lowest BCUT2D eigenvalue weighted by molar-refractivity contribution is -0.161. The third-order valence-electron chi connectivity index (χ3n) is 3.82. The number of benzene rings is 1. The topological polar surface area (TPSA) is 57.5 Å². The lowest BCUT2D eigenvalue weighted by Crippen LogP contribution is -2.43. The van der Waals surface area contributed by atoms with E-state index < -0.39 is 17.5 Å². The van der Waals surface area contributed by atoms with Gasteiger partial charge in [0.05, 0.1) is 0 Å². The fourth-order valence-corrected chi connectivity index (χ4v) is 2.34. The van der Waals surface area contributed by atoms with Gasteiger partial charge >= 0.3 is 5.97 Å². The van der Waals surface area contributed by atoms with Gasteiger partial charge in [0, 0.05) is 5.92 Å². The summed E-state index contributed by atoms with van der Waals surface area (Å²) in [6.45, 7) is 7.88. The minimum absolute atomic E-state index is 0.259. The summed E-state index contributed by atoms with van der Waals surface area (Å²) >= 11 is 0. The van der Waals surface area contributed by atoms with Crippen LogP contribution in [0.5, 0.6) is 0 Å². The van der Waals surface area contributed by atoms with Crippen LogP contribution in [-0.2, 0) is 4.79 Å². The highest BCUT2D eigenvalue weighted by Crippen LogP contribution is 2.33. The van der Waals surface area contributed by atoms with E-state index in [0.29, 0.717) is 12.3 Å². The molecule has 2 N–H and O–H groups in total. The molecule has 0 radical (unpaired) electrons. The zero-order valence-corrected chi connectivity index (χ0v) is 12.2. The Morgan fingerprint density at radius 3 is 2.00 bits per heavy atom. The Balaban J connectivity index is 3.03. The third kappa shape index (κ3) is 3.35. The van der Waals surface area contributed by atoms with Crippen molar-refractivity contribution in [2.45, 2.75) is 58.0 Å². The summed E-state index contributed by atoms with van der Waals surface area (Å²) in [7, 11) is 0. The number of rotatable bonds is 6. The average Bonchev–Trinajstić information content (AvgIpc) is 2.37. The first-order chi connectivity index (χ1) is 8.82. The highest BCUT2D eigenvalue weighted by atomic mass is 16.4. The van der Waals surface area contributed by atoms with Crippen molar-refractivity contribution in [1.29, 1.82) is 0 Å². The predicted molar refractivity (Wildman–Crippen MR) is 76.4 cm³/mol. The zero-order valence-electron chi connectivity index (χ0n) is 12.2. The van der Waals surface area contributed by atoms with Gasteiger partial charge in [-0.3, -0.25) is 0 Å². The van der Waals surface area contributed by atoms with Gasteiger partial charge in [-0.2, -0.15) is 0 Å². The molecule has 19 heavy (non-hydrogen) atoms. The molecule has 2 atom stereocenters. The normalized spacial score (nSPS) is 16.1. The van der Waals surface area contributed by atoms with E-state index in [2.05, 4.69) is 13.8 Å². The van der Waals surface area contributed by atoms with Gasteiger partial charge in [-0.25, -0.2) is 4.79 Å². The summed E-state index contributed by atoms with van der Waals surface area (Å²) in [6.07, 6.45) is 0.895. The van der Waals surface area contributed by atoms with Gasteiger partial charge in [-0.05, 0) is 23.5 Å². The molecule has 0 amide bonds. The lowest BCUT2D eigenvalue weighted by atomic mass is 9.80. The molecular formula is C16H24O3. The highest BCUT2D eigenvalue weighted by molar-refractivity contribution is 5.78. The van der Waals surface area contributed by atoms with Crippen LogP contribution < -0.4 is 0 Å². The van der Waals surface area contributed by atoms with Crippen LogP contribution in [0.2, 0.25) is 0 Å². The molecule has 1 aromatic rings. The molecule has 0 saturated carbocycles. The summed E-state index contributed by atoms with van der Waals surface area (Å²) in [4.78, 5) is 11.4. The molecular weight excluding hydrogens is 240 g/mol. The number of aliphatic carboxylic acids is 1. The minimum Gasteiger partial charge on any atom is -0.479 e. The van der Waals surface area contributed by atoms with Gasteiger partial charge in [-0.15, -0.1) is 0 Å². The standard InChI is InChI=1S/C16H24O3/c1-5-10-16(19,15(17)18)12(4)14-8-6-13(7-9-14)11(2)3/h6-9,11-12,19H,5,10H2,1-4H3,(H,17,18). The van der Waals surface area contributed by atoms with E-state index in [1.165, 1.54) is 5.56 Å². The van der Waals surface area contributed by atoms with Crippen molar-refractivity contribution in [2.75, 3.05) is 0 Å². The number of hydrogen-bond donors (Lipinski definition) is 2. The van der Waals surface area contributed by atoms with Crippen LogP contribution in [0.25, 0.3) is 0 Å². The molecule has 0 fully saturated rings. The molecule has 2 unspecified atom stereocenters. The quantitative estimate of drug-likeness (QED) is 0.826. The number of aliphatic hydroxyl groups is 1. The minimum atomic E-state index is -1.69. The van der Waals surface area contributed by atoms with Crippen molar-refractivity contribution in [2.24, 2.45) is 0 Å². The van der Waals surface area contributed by atoms with Gasteiger partial charge in [0.1, 0.15) is 0 Å². The fraction of sp³-hybridized carbons (Fsp3) is 0.562. The van der Waals surface area contributed by atoms with Crippen molar-refractivity contribution in [1.82, 2.24) is 0 Å². The van der Waals surface area contributed by atoms with Gasteiger partial charge in [0.2, 0.25) is 0 Å². The van der Waals surface area contributed by atoms with Gasteiger partial charge in [0.25, 0.3) is 0 Å². The Morgan fingerprint density at radius 2 is 1.63 bits per heavy atom. The molecule has 106 valence electrons. The maximum absolute atomic E-state index is 11.4. The van der Waals surface area contributed by atoms with E-state index in [4.69, 9.17) is 0 Å². The Hall–Kier alpha value is -1.35.